The fraction of sp³-hybridized carbons (Fsp3) is 0.818. The molecule has 0 aliphatic rings. The molecule has 0 aliphatic carbocycles. The summed E-state index contributed by atoms with van der Waals surface area (Å²) in [5.41, 5.74) is 0. The molecule has 15 heavy (non-hydrogen) atoms. The van der Waals surface area contributed by atoms with Crippen molar-refractivity contribution in [3.05, 3.63) is 0 Å². The van der Waals surface area contributed by atoms with Crippen LogP contribution in [0.1, 0.15) is 33.1 Å². The molecule has 1 N–H and O–H groups in total. The molecule has 0 bridgehead atoms. The van der Waals surface area contributed by atoms with E-state index in [0.29, 0.717) is 19.3 Å². The predicted molar refractivity (Wildman–Crippen MR) is 60.7 cm³/mol. The van der Waals surface area contributed by atoms with Crippen molar-refractivity contribution >= 4 is 11.7 Å². The van der Waals surface area contributed by atoms with Gasteiger partial charge in [0.2, 0.25) is 5.91 Å². The highest BCUT2D eigenvalue weighted by atomic mass is 16.2. The van der Waals surface area contributed by atoms with Gasteiger partial charge in [-0.25, -0.2) is 0 Å². The largest absolute Gasteiger partial charge is 0.352 e. The van der Waals surface area contributed by atoms with Crippen LogP contribution in [0.5, 0.6) is 0 Å². The van der Waals surface area contributed by atoms with E-state index in [1.165, 1.54) is 0 Å². The van der Waals surface area contributed by atoms with Crippen molar-refractivity contribution in [1.29, 1.82) is 0 Å². The lowest BCUT2D eigenvalue weighted by Crippen LogP contribution is -2.39. The van der Waals surface area contributed by atoms with Crippen molar-refractivity contribution in [2.75, 3.05) is 20.6 Å². The van der Waals surface area contributed by atoms with Crippen LogP contribution in [0.2, 0.25) is 0 Å². The van der Waals surface area contributed by atoms with Gasteiger partial charge in [-0.05, 0) is 21.0 Å². The van der Waals surface area contributed by atoms with Gasteiger partial charge >= 0.3 is 0 Å². The fourth-order valence-corrected chi connectivity index (χ4v) is 1.37. The Labute approximate surface area is 92.0 Å². The van der Waals surface area contributed by atoms with Gasteiger partial charge < -0.3 is 10.2 Å². The fourth-order valence-electron chi connectivity index (χ4n) is 1.37. The van der Waals surface area contributed by atoms with Gasteiger partial charge in [-0.1, -0.05) is 6.92 Å². The third-order valence-electron chi connectivity index (χ3n) is 2.07. The number of rotatable bonds is 7. The van der Waals surface area contributed by atoms with E-state index in [4.69, 9.17) is 0 Å². The van der Waals surface area contributed by atoms with Crippen molar-refractivity contribution in [2.24, 2.45) is 0 Å². The van der Waals surface area contributed by atoms with Crippen LogP contribution in [0, 0.1) is 0 Å². The number of nitrogens with one attached hydrogen (secondary N) is 1. The Balaban J connectivity index is 3.69. The van der Waals surface area contributed by atoms with Crippen molar-refractivity contribution < 1.29 is 9.59 Å². The zero-order chi connectivity index (χ0) is 11.8. The van der Waals surface area contributed by atoms with E-state index >= 15 is 0 Å². The normalized spacial score (nSPS) is 12.6. The first kappa shape index (κ1) is 14.1. The van der Waals surface area contributed by atoms with Gasteiger partial charge in [0.15, 0.2) is 0 Å². The average Bonchev–Trinajstić information content (AvgIpc) is 2.12. The van der Waals surface area contributed by atoms with Gasteiger partial charge in [-0.3, -0.25) is 9.59 Å². The molecule has 0 aromatic rings. The van der Waals surface area contributed by atoms with Crippen molar-refractivity contribution in [1.82, 2.24) is 10.2 Å². The highest BCUT2D eigenvalue weighted by Gasteiger charge is 2.09. The van der Waals surface area contributed by atoms with Crippen LogP contribution >= 0.6 is 0 Å². The second-order valence-corrected chi connectivity index (χ2v) is 4.12. The molecule has 0 rings (SSSR count). The molecule has 0 spiro atoms. The molecule has 4 nitrogen and oxygen atoms in total. The van der Waals surface area contributed by atoms with Crippen molar-refractivity contribution in [3.8, 4) is 0 Å². The molecule has 0 fully saturated rings. The number of ketones is 1. The highest BCUT2D eigenvalue weighted by Crippen LogP contribution is 1.95. The van der Waals surface area contributed by atoms with E-state index < -0.39 is 0 Å². The molecule has 0 heterocycles. The van der Waals surface area contributed by atoms with E-state index in [1.807, 2.05) is 32.8 Å². The topological polar surface area (TPSA) is 49.4 Å². The van der Waals surface area contributed by atoms with Crippen LogP contribution in [0.15, 0.2) is 0 Å². The molecule has 0 aromatic heterocycles. The number of likely N-dealkylation sites (N-methyl/N-ethyl adjacent to an activating group) is 1. The number of Topliss-reactive ketones (excluding diaryl/α,β-unsaturated/α-hetero) is 1. The lowest BCUT2D eigenvalue weighted by Gasteiger charge is -2.18. The van der Waals surface area contributed by atoms with Gasteiger partial charge in [-0.15, -0.1) is 0 Å². The van der Waals surface area contributed by atoms with Crippen LogP contribution < -0.4 is 5.32 Å². The average molecular weight is 214 g/mol. The number of carbonyl (C=O) groups is 2. The molecule has 0 aromatic carbocycles. The van der Waals surface area contributed by atoms with Crippen LogP contribution in [0.4, 0.5) is 0 Å². The molecule has 0 saturated heterocycles. The predicted octanol–water partition coefficient (Wildman–Crippen LogP) is 0.812. The Bertz CT molecular complexity index is 215. The number of carbonyl (C=O) groups excluding carboxylic acids is 2. The van der Waals surface area contributed by atoms with Gasteiger partial charge in [0, 0.05) is 31.8 Å². The van der Waals surface area contributed by atoms with E-state index in [9.17, 15) is 9.59 Å². The summed E-state index contributed by atoms with van der Waals surface area (Å²) in [6, 6.07) is 0.129. The summed E-state index contributed by atoms with van der Waals surface area (Å²) < 4.78 is 0. The third-order valence-corrected chi connectivity index (χ3v) is 2.07. The van der Waals surface area contributed by atoms with Gasteiger partial charge in [0.05, 0.1) is 0 Å². The maximum absolute atomic E-state index is 11.4. The maximum Gasteiger partial charge on any atom is 0.220 e. The van der Waals surface area contributed by atoms with Crippen LogP contribution in [0.25, 0.3) is 0 Å². The zero-order valence-corrected chi connectivity index (χ0v) is 10.2. The first-order valence-electron chi connectivity index (χ1n) is 5.41. The van der Waals surface area contributed by atoms with Crippen molar-refractivity contribution in [2.45, 2.75) is 39.2 Å². The summed E-state index contributed by atoms with van der Waals surface area (Å²) in [4.78, 5) is 24.4. The Hall–Kier alpha value is -0.900. The molecule has 0 radical (unpaired) electrons. The first-order chi connectivity index (χ1) is 6.95. The van der Waals surface area contributed by atoms with Gasteiger partial charge in [-0.2, -0.15) is 0 Å². The van der Waals surface area contributed by atoms with Crippen molar-refractivity contribution in [3.63, 3.8) is 0 Å². The van der Waals surface area contributed by atoms with E-state index in [1.54, 1.807) is 0 Å². The van der Waals surface area contributed by atoms with Crippen LogP contribution in [-0.2, 0) is 9.59 Å². The summed E-state index contributed by atoms with van der Waals surface area (Å²) in [5.74, 6) is 0.108. The Morgan fingerprint density at radius 2 is 1.87 bits per heavy atom. The number of hydrogen-bond acceptors (Lipinski definition) is 3. The second-order valence-electron chi connectivity index (χ2n) is 4.12. The zero-order valence-electron chi connectivity index (χ0n) is 10.2. The summed E-state index contributed by atoms with van der Waals surface area (Å²) >= 11 is 0. The molecule has 0 saturated carbocycles. The monoisotopic (exact) mass is 214 g/mol. The Morgan fingerprint density at radius 3 is 2.33 bits per heavy atom. The minimum atomic E-state index is -0.0360. The van der Waals surface area contributed by atoms with E-state index in [-0.39, 0.29) is 17.7 Å². The molecule has 4 heteroatoms. The Morgan fingerprint density at radius 1 is 1.27 bits per heavy atom. The molecule has 0 aliphatic heterocycles. The molecule has 88 valence electrons. The van der Waals surface area contributed by atoms with Crippen LogP contribution in [0.3, 0.4) is 0 Å². The minimum absolute atomic E-state index is 0.0360. The Kier molecular flexibility index (Phi) is 6.96. The van der Waals surface area contributed by atoms with E-state index in [2.05, 4.69) is 5.32 Å². The summed E-state index contributed by atoms with van der Waals surface area (Å²) in [6.45, 7) is 4.59. The summed E-state index contributed by atoms with van der Waals surface area (Å²) in [5, 5.41) is 2.86. The first-order valence-corrected chi connectivity index (χ1v) is 5.41. The van der Waals surface area contributed by atoms with Gasteiger partial charge in [0.1, 0.15) is 5.78 Å². The molecule has 1 unspecified atom stereocenters. The number of amides is 1. The smallest absolute Gasteiger partial charge is 0.220 e. The lowest BCUT2D eigenvalue weighted by atomic mass is 10.1. The molecular weight excluding hydrogens is 192 g/mol. The molecule has 1 atom stereocenters. The lowest BCUT2D eigenvalue weighted by molar-refractivity contribution is -0.125. The minimum Gasteiger partial charge on any atom is -0.352 e. The third kappa shape index (κ3) is 8.12. The highest BCUT2D eigenvalue weighted by molar-refractivity contribution is 5.84. The van der Waals surface area contributed by atoms with Crippen LogP contribution in [-0.4, -0.2) is 43.3 Å². The summed E-state index contributed by atoms with van der Waals surface area (Å²) in [6.07, 6.45) is 1.18. The molecule has 1 amide bonds. The maximum atomic E-state index is 11.4. The van der Waals surface area contributed by atoms with E-state index in [0.717, 1.165) is 6.54 Å². The quantitative estimate of drug-likeness (QED) is 0.682. The SMILES string of the molecule is CCC(=O)CCC(=O)NC(C)CN(C)C. The van der Waals surface area contributed by atoms with Gasteiger partial charge in [0.25, 0.3) is 0 Å². The second kappa shape index (κ2) is 7.40. The molecular formula is C11H22N2O2. The number of hydrogen-bond donors (Lipinski definition) is 1. The number of nitrogens with zero attached hydrogens (tertiary/aromatic N) is 1. The summed E-state index contributed by atoms with van der Waals surface area (Å²) in [7, 11) is 3.92. The standard InChI is InChI=1S/C11H22N2O2/c1-5-10(14)6-7-11(15)12-9(2)8-13(3)4/h9H,5-8H2,1-4H3,(H,12,15).